The van der Waals surface area contributed by atoms with Crippen molar-refractivity contribution < 1.29 is 9.13 Å². The van der Waals surface area contributed by atoms with Gasteiger partial charge in [0.2, 0.25) is 0 Å². The molecular weight excluding hydrogens is 133 g/mol. The number of likely N-dealkylation sites (N-methyl/N-ethyl adjacent to an activating group) is 1. The Morgan fingerprint density at radius 1 is 1.70 bits per heavy atom. The first kappa shape index (κ1) is 7.95. The molecule has 0 amide bonds. The molecule has 0 radical (unpaired) electrons. The normalized spacial score (nSPS) is 30.0. The number of alkyl halides is 1. The average molecular weight is 147 g/mol. The molecular formula is C7H14FNO. The second-order valence-electron chi connectivity index (χ2n) is 2.86. The molecule has 1 heterocycles. The smallest absolute Gasteiger partial charge is 0.0956 e. The van der Waals surface area contributed by atoms with Crippen LogP contribution in [0, 0.1) is 5.92 Å². The van der Waals surface area contributed by atoms with Gasteiger partial charge in [-0.2, -0.15) is 0 Å². The van der Waals surface area contributed by atoms with Crippen LogP contribution >= 0.6 is 0 Å². The van der Waals surface area contributed by atoms with Crippen LogP contribution in [0.1, 0.15) is 0 Å². The zero-order chi connectivity index (χ0) is 7.40. The molecule has 0 aromatic rings. The van der Waals surface area contributed by atoms with Gasteiger partial charge >= 0.3 is 0 Å². The Hall–Kier alpha value is -0.150. The fourth-order valence-electron chi connectivity index (χ4n) is 1.15. The molecule has 0 aliphatic carbocycles. The van der Waals surface area contributed by atoms with Crippen LogP contribution in [0.5, 0.6) is 0 Å². The van der Waals surface area contributed by atoms with Crippen LogP contribution in [0.3, 0.4) is 0 Å². The summed E-state index contributed by atoms with van der Waals surface area (Å²) in [5.41, 5.74) is 0. The van der Waals surface area contributed by atoms with Crippen LogP contribution in [-0.2, 0) is 4.74 Å². The van der Waals surface area contributed by atoms with Gasteiger partial charge in [0, 0.05) is 19.0 Å². The predicted molar refractivity (Wildman–Crippen MR) is 37.8 cm³/mol. The summed E-state index contributed by atoms with van der Waals surface area (Å²) in [6, 6.07) is 0. The first-order chi connectivity index (χ1) is 4.83. The van der Waals surface area contributed by atoms with E-state index in [1.54, 1.807) is 0 Å². The molecule has 1 aliphatic rings. The number of nitrogens with zero attached hydrogens (tertiary/aromatic N) is 1. The maximum atomic E-state index is 12.1. The van der Waals surface area contributed by atoms with Gasteiger partial charge in [-0.3, -0.25) is 4.39 Å². The molecule has 0 saturated carbocycles. The molecule has 1 rings (SSSR count). The quantitative estimate of drug-likeness (QED) is 0.536. The lowest BCUT2D eigenvalue weighted by Crippen LogP contribution is -2.26. The molecule has 1 atom stereocenters. The Kier molecular flexibility index (Phi) is 3.09. The van der Waals surface area contributed by atoms with Crippen molar-refractivity contribution in [1.29, 1.82) is 0 Å². The van der Waals surface area contributed by atoms with Crippen molar-refractivity contribution in [2.45, 2.75) is 0 Å². The number of rotatable bonds is 1. The van der Waals surface area contributed by atoms with E-state index < -0.39 is 0 Å². The van der Waals surface area contributed by atoms with Gasteiger partial charge in [-0.15, -0.1) is 0 Å². The van der Waals surface area contributed by atoms with Gasteiger partial charge in [-0.1, -0.05) is 0 Å². The largest absolute Gasteiger partial charge is 0.380 e. The molecule has 0 aromatic heterocycles. The van der Waals surface area contributed by atoms with Crippen LogP contribution in [-0.4, -0.2) is 44.9 Å². The molecule has 2 nitrogen and oxygen atoms in total. The van der Waals surface area contributed by atoms with Crippen molar-refractivity contribution in [1.82, 2.24) is 4.90 Å². The van der Waals surface area contributed by atoms with Gasteiger partial charge < -0.3 is 9.64 Å². The summed E-state index contributed by atoms with van der Waals surface area (Å²) in [7, 11) is 2.00. The van der Waals surface area contributed by atoms with Crippen molar-refractivity contribution in [3.8, 4) is 0 Å². The zero-order valence-electron chi connectivity index (χ0n) is 6.35. The van der Waals surface area contributed by atoms with Crippen molar-refractivity contribution in [3.05, 3.63) is 0 Å². The van der Waals surface area contributed by atoms with E-state index in [4.69, 9.17) is 4.74 Å². The average Bonchev–Trinajstić information content (AvgIpc) is 2.13. The van der Waals surface area contributed by atoms with Crippen LogP contribution in [0.2, 0.25) is 0 Å². The number of halogens is 1. The number of hydrogen-bond acceptors (Lipinski definition) is 2. The second kappa shape index (κ2) is 3.88. The van der Waals surface area contributed by atoms with Gasteiger partial charge in [0.05, 0.1) is 19.9 Å². The minimum absolute atomic E-state index is 0.0903. The van der Waals surface area contributed by atoms with Gasteiger partial charge in [0.1, 0.15) is 0 Å². The first-order valence-electron chi connectivity index (χ1n) is 3.65. The van der Waals surface area contributed by atoms with Crippen molar-refractivity contribution in [2.75, 3.05) is 40.0 Å². The fraction of sp³-hybridized carbons (Fsp3) is 1.00. The lowest BCUT2D eigenvalue weighted by Gasteiger charge is -2.15. The Morgan fingerprint density at radius 2 is 2.50 bits per heavy atom. The third-order valence-electron chi connectivity index (χ3n) is 1.76. The van der Waals surface area contributed by atoms with E-state index >= 15 is 0 Å². The molecule has 0 aromatic carbocycles. The molecule has 0 unspecified atom stereocenters. The van der Waals surface area contributed by atoms with Gasteiger partial charge in [0.25, 0.3) is 0 Å². The molecule has 1 saturated heterocycles. The summed E-state index contributed by atoms with van der Waals surface area (Å²) in [5, 5.41) is 0. The van der Waals surface area contributed by atoms with Crippen LogP contribution in [0.4, 0.5) is 4.39 Å². The SMILES string of the molecule is CN1CCOC[C@H](CF)C1. The lowest BCUT2D eigenvalue weighted by molar-refractivity contribution is 0.113. The fourth-order valence-corrected chi connectivity index (χ4v) is 1.15. The summed E-state index contributed by atoms with van der Waals surface area (Å²) < 4.78 is 17.3. The highest BCUT2D eigenvalue weighted by molar-refractivity contribution is 4.65. The highest BCUT2D eigenvalue weighted by Crippen LogP contribution is 2.04. The highest BCUT2D eigenvalue weighted by atomic mass is 19.1. The minimum Gasteiger partial charge on any atom is -0.380 e. The predicted octanol–water partition coefficient (Wildman–Crippen LogP) is 0.534. The molecule has 1 fully saturated rings. The monoisotopic (exact) mass is 147 g/mol. The molecule has 0 bridgehead atoms. The number of ether oxygens (including phenoxy) is 1. The second-order valence-corrected chi connectivity index (χ2v) is 2.86. The Bertz CT molecular complexity index is 99.6. The standard InChI is InChI=1S/C7H14FNO/c1-9-2-3-10-6-7(4-8)5-9/h7H,2-6H2,1H3/t7-/m1/s1. The van der Waals surface area contributed by atoms with E-state index in [2.05, 4.69) is 4.90 Å². The van der Waals surface area contributed by atoms with E-state index in [-0.39, 0.29) is 12.6 Å². The maximum Gasteiger partial charge on any atom is 0.0956 e. The molecule has 1 aliphatic heterocycles. The van der Waals surface area contributed by atoms with Gasteiger partial charge in [-0.25, -0.2) is 0 Å². The summed E-state index contributed by atoms with van der Waals surface area (Å²) >= 11 is 0. The summed E-state index contributed by atoms with van der Waals surface area (Å²) in [5.74, 6) is 0.0903. The van der Waals surface area contributed by atoms with Gasteiger partial charge in [0.15, 0.2) is 0 Å². The zero-order valence-corrected chi connectivity index (χ0v) is 6.35. The third kappa shape index (κ3) is 2.23. The summed E-state index contributed by atoms with van der Waals surface area (Å²) in [4.78, 5) is 2.11. The van der Waals surface area contributed by atoms with E-state index in [1.807, 2.05) is 7.05 Å². The Balaban J connectivity index is 2.30. The van der Waals surface area contributed by atoms with Crippen molar-refractivity contribution in [3.63, 3.8) is 0 Å². The Morgan fingerprint density at radius 3 is 3.20 bits per heavy atom. The van der Waals surface area contributed by atoms with E-state index in [0.717, 1.165) is 19.7 Å². The highest BCUT2D eigenvalue weighted by Gasteiger charge is 2.14. The third-order valence-corrected chi connectivity index (χ3v) is 1.76. The van der Waals surface area contributed by atoms with Crippen molar-refractivity contribution in [2.24, 2.45) is 5.92 Å². The number of hydrogen-bond donors (Lipinski definition) is 0. The van der Waals surface area contributed by atoms with E-state index in [1.165, 1.54) is 0 Å². The van der Waals surface area contributed by atoms with Crippen molar-refractivity contribution >= 4 is 0 Å². The summed E-state index contributed by atoms with van der Waals surface area (Å²) in [6.45, 7) is 2.82. The first-order valence-corrected chi connectivity index (χ1v) is 3.65. The van der Waals surface area contributed by atoms with E-state index in [0.29, 0.717) is 6.61 Å². The Labute approximate surface area is 61.0 Å². The lowest BCUT2D eigenvalue weighted by atomic mass is 10.2. The maximum absolute atomic E-state index is 12.1. The molecule has 3 heteroatoms. The summed E-state index contributed by atoms with van der Waals surface area (Å²) in [6.07, 6.45) is 0. The van der Waals surface area contributed by atoms with Crippen LogP contribution in [0.15, 0.2) is 0 Å². The molecule has 60 valence electrons. The molecule has 10 heavy (non-hydrogen) atoms. The molecule has 0 N–H and O–H groups in total. The topological polar surface area (TPSA) is 12.5 Å². The van der Waals surface area contributed by atoms with E-state index in [9.17, 15) is 4.39 Å². The van der Waals surface area contributed by atoms with Crippen LogP contribution < -0.4 is 0 Å². The van der Waals surface area contributed by atoms with Crippen LogP contribution in [0.25, 0.3) is 0 Å². The minimum atomic E-state index is -0.260. The molecule has 0 spiro atoms. The van der Waals surface area contributed by atoms with Gasteiger partial charge in [-0.05, 0) is 7.05 Å².